The van der Waals surface area contributed by atoms with Crippen molar-refractivity contribution in [3.63, 3.8) is 0 Å². The van der Waals surface area contributed by atoms with Crippen LogP contribution in [-0.2, 0) is 12.8 Å². The number of nitrogen functional groups attached to an aromatic ring is 2. The molecule has 0 saturated heterocycles. The zero-order valence-corrected chi connectivity index (χ0v) is 18.9. The van der Waals surface area contributed by atoms with Gasteiger partial charge < -0.3 is 27.4 Å². The van der Waals surface area contributed by atoms with Crippen molar-refractivity contribution < 1.29 is 0 Å². The van der Waals surface area contributed by atoms with Crippen LogP contribution in [0.25, 0.3) is 0 Å². The normalized spacial score (nSPS) is 10.8. The van der Waals surface area contributed by atoms with E-state index in [-0.39, 0.29) is 0 Å². The van der Waals surface area contributed by atoms with Gasteiger partial charge in [-0.25, -0.2) is 0 Å². The zero-order valence-electron chi connectivity index (χ0n) is 17.1. The monoisotopic (exact) mass is 433 g/mol. The third-order valence-corrected chi connectivity index (χ3v) is 5.24. The van der Waals surface area contributed by atoms with Crippen LogP contribution in [0.5, 0.6) is 0 Å². The summed E-state index contributed by atoms with van der Waals surface area (Å²) in [5.41, 5.74) is 18.4. The number of benzene rings is 2. The summed E-state index contributed by atoms with van der Waals surface area (Å²) in [6, 6.07) is 12.1. The molecule has 0 unspecified atom stereocenters. The molecular weight excluding hydrogens is 398 g/mol. The first-order valence-corrected chi connectivity index (χ1v) is 11.6. The molecule has 0 radical (unpaired) electrons. The Hall–Kier alpha value is -1.70. The van der Waals surface area contributed by atoms with E-state index in [2.05, 4.69) is 53.3 Å². The number of nitrogens with two attached hydrogens (primary N) is 2. The fourth-order valence-corrected chi connectivity index (χ4v) is 3.79. The molecule has 0 spiro atoms. The number of hydrogen-bond acceptors (Lipinski definition) is 7. The summed E-state index contributed by atoms with van der Waals surface area (Å²) < 4.78 is 0. The highest BCUT2D eigenvalue weighted by molar-refractivity contribution is 7.80. The van der Waals surface area contributed by atoms with Gasteiger partial charge in [0.2, 0.25) is 0 Å². The molecule has 2 aromatic carbocycles. The van der Waals surface area contributed by atoms with E-state index in [0.29, 0.717) is 0 Å². The second-order valence-electron chi connectivity index (χ2n) is 7.02. The summed E-state index contributed by atoms with van der Waals surface area (Å²) in [6.07, 6.45) is 3.92. The minimum atomic E-state index is 0.806. The quantitative estimate of drug-likeness (QED) is 0.140. The van der Waals surface area contributed by atoms with Crippen molar-refractivity contribution in [1.29, 1.82) is 0 Å². The molecule has 0 saturated carbocycles. The third-order valence-electron chi connectivity index (χ3n) is 4.79. The molecule has 0 amide bonds. The van der Waals surface area contributed by atoms with Crippen LogP contribution in [-0.4, -0.2) is 37.7 Å². The maximum Gasteiger partial charge on any atom is 0.0606 e. The predicted molar refractivity (Wildman–Crippen MR) is 136 cm³/mol. The first-order chi connectivity index (χ1) is 14.2. The minimum absolute atomic E-state index is 0.806. The van der Waals surface area contributed by atoms with Gasteiger partial charge in [-0.1, -0.05) is 24.3 Å². The van der Waals surface area contributed by atoms with E-state index in [0.717, 1.165) is 86.1 Å². The first kappa shape index (κ1) is 23.6. The van der Waals surface area contributed by atoms with E-state index in [1.807, 2.05) is 24.3 Å². The summed E-state index contributed by atoms with van der Waals surface area (Å²) in [5.74, 6) is 1.64. The molecule has 0 heterocycles. The fourth-order valence-electron chi connectivity index (χ4n) is 3.31. The van der Waals surface area contributed by atoms with E-state index in [1.165, 1.54) is 11.1 Å². The van der Waals surface area contributed by atoms with Crippen molar-refractivity contribution in [3.8, 4) is 0 Å². The van der Waals surface area contributed by atoms with E-state index >= 15 is 0 Å². The van der Waals surface area contributed by atoms with Crippen LogP contribution >= 0.6 is 25.3 Å². The molecule has 0 aromatic heterocycles. The molecule has 2 aromatic rings. The predicted octanol–water partition coefficient (Wildman–Crippen LogP) is 3.69. The maximum atomic E-state index is 6.11. The highest BCUT2D eigenvalue weighted by atomic mass is 32.1. The summed E-state index contributed by atoms with van der Waals surface area (Å²) in [7, 11) is 0. The van der Waals surface area contributed by atoms with Crippen molar-refractivity contribution >= 4 is 48.0 Å². The molecule has 0 aliphatic heterocycles. The molecule has 5 nitrogen and oxygen atoms in total. The molecule has 0 fully saturated rings. The Bertz CT molecular complexity index is 678. The molecule has 7 N–H and O–H groups in total. The highest BCUT2D eigenvalue weighted by Crippen LogP contribution is 2.25. The van der Waals surface area contributed by atoms with E-state index in [9.17, 15) is 0 Å². The Morgan fingerprint density at radius 2 is 1.10 bits per heavy atom. The van der Waals surface area contributed by atoms with Crippen molar-refractivity contribution in [3.05, 3.63) is 47.5 Å². The second kappa shape index (κ2) is 13.5. The summed E-state index contributed by atoms with van der Waals surface area (Å²) in [4.78, 5) is 0. The smallest absolute Gasteiger partial charge is 0.0606 e. The van der Waals surface area contributed by atoms with Crippen LogP contribution in [0.4, 0.5) is 22.7 Å². The highest BCUT2D eigenvalue weighted by Gasteiger charge is 2.06. The lowest BCUT2D eigenvalue weighted by atomic mass is 10.1. The molecule has 160 valence electrons. The van der Waals surface area contributed by atoms with Crippen molar-refractivity contribution in [2.45, 2.75) is 25.7 Å². The zero-order chi connectivity index (χ0) is 20.9. The number of rotatable bonds is 14. The molecule has 0 bridgehead atoms. The van der Waals surface area contributed by atoms with Gasteiger partial charge in [0, 0.05) is 13.1 Å². The molecule has 29 heavy (non-hydrogen) atoms. The number of thiol groups is 2. The van der Waals surface area contributed by atoms with Gasteiger partial charge in [-0.15, -0.1) is 0 Å². The topological polar surface area (TPSA) is 88.1 Å². The van der Waals surface area contributed by atoms with Crippen LogP contribution in [0.2, 0.25) is 0 Å². The average Bonchev–Trinajstić information content (AvgIpc) is 2.70. The van der Waals surface area contributed by atoms with Crippen LogP contribution in [0, 0.1) is 0 Å². The lowest BCUT2D eigenvalue weighted by Crippen LogP contribution is -2.21. The summed E-state index contributed by atoms with van der Waals surface area (Å²) >= 11 is 8.66. The van der Waals surface area contributed by atoms with Crippen LogP contribution in [0.15, 0.2) is 36.4 Å². The van der Waals surface area contributed by atoms with E-state index in [4.69, 9.17) is 11.5 Å². The van der Waals surface area contributed by atoms with Crippen LogP contribution in [0.3, 0.4) is 0 Å². The minimum Gasteiger partial charge on any atom is -0.397 e. The largest absolute Gasteiger partial charge is 0.397 e. The van der Waals surface area contributed by atoms with E-state index in [1.54, 1.807) is 0 Å². The van der Waals surface area contributed by atoms with Gasteiger partial charge in [-0.3, -0.25) is 0 Å². The molecule has 7 heteroatoms. The van der Waals surface area contributed by atoms with Gasteiger partial charge in [0.15, 0.2) is 0 Å². The number of aryl methyl sites for hydroxylation is 2. The third kappa shape index (κ3) is 7.91. The molecule has 0 aliphatic rings. The lowest BCUT2D eigenvalue weighted by Gasteiger charge is -2.15. The number of anilines is 4. The van der Waals surface area contributed by atoms with Gasteiger partial charge in [0.05, 0.1) is 22.7 Å². The van der Waals surface area contributed by atoms with Crippen molar-refractivity contribution in [2.24, 2.45) is 0 Å². The van der Waals surface area contributed by atoms with Crippen LogP contribution < -0.4 is 27.4 Å². The summed E-state index contributed by atoms with van der Waals surface area (Å²) in [6.45, 7) is 3.74. The summed E-state index contributed by atoms with van der Waals surface area (Å²) in [5, 5.41) is 10.5. The van der Waals surface area contributed by atoms with Gasteiger partial charge in [-0.2, -0.15) is 25.3 Å². The SMILES string of the molecule is Nc1cccc(CCS)c1NCCCNCCCNc1c(N)cccc1CCS. The van der Waals surface area contributed by atoms with Gasteiger partial charge in [0.1, 0.15) is 0 Å². The number of para-hydroxylation sites is 2. The Balaban J connectivity index is 1.61. The van der Waals surface area contributed by atoms with Crippen molar-refractivity contribution in [2.75, 3.05) is 59.8 Å². The second-order valence-corrected chi connectivity index (χ2v) is 7.92. The Kier molecular flexibility index (Phi) is 11.0. The Labute approximate surface area is 186 Å². The fraction of sp³-hybridized carbons (Fsp3) is 0.455. The lowest BCUT2D eigenvalue weighted by molar-refractivity contribution is 0.642. The van der Waals surface area contributed by atoms with E-state index < -0.39 is 0 Å². The average molecular weight is 434 g/mol. The van der Waals surface area contributed by atoms with Crippen LogP contribution in [0.1, 0.15) is 24.0 Å². The molecule has 2 rings (SSSR count). The molecule has 0 aliphatic carbocycles. The van der Waals surface area contributed by atoms with Gasteiger partial charge in [-0.05, 0) is 73.5 Å². The van der Waals surface area contributed by atoms with Gasteiger partial charge >= 0.3 is 0 Å². The first-order valence-electron chi connectivity index (χ1n) is 10.3. The number of hydrogen-bond donors (Lipinski definition) is 7. The Morgan fingerprint density at radius 1 is 0.655 bits per heavy atom. The Morgan fingerprint density at radius 3 is 1.52 bits per heavy atom. The molecule has 0 atom stereocenters. The van der Waals surface area contributed by atoms with Gasteiger partial charge in [0.25, 0.3) is 0 Å². The molecular formula is C22H35N5S2. The number of nitrogens with one attached hydrogen (secondary N) is 3. The standard InChI is InChI=1S/C22H35N5S2/c23-19-7-1-5-17(9-15-28)21(19)26-13-3-11-25-12-4-14-27-22-18(10-16-29)6-2-8-20(22)24/h1-2,5-8,25-29H,3-4,9-16,23-24H2. The maximum absolute atomic E-state index is 6.11. The van der Waals surface area contributed by atoms with Crippen molar-refractivity contribution in [1.82, 2.24) is 5.32 Å².